The summed E-state index contributed by atoms with van der Waals surface area (Å²) >= 11 is 0. The van der Waals surface area contributed by atoms with Gasteiger partial charge in [0.25, 0.3) is 5.82 Å². The van der Waals surface area contributed by atoms with Crippen molar-refractivity contribution in [1.29, 1.82) is 0 Å². The highest BCUT2D eigenvalue weighted by molar-refractivity contribution is 5.86. The molecule has 1 atom stereocenters. The number of aromatic amines is 2. The number of aryl methyl sites for hydroxylation is 2. The molecule has 0 saturated heterocycles. The molecule has 0 unspecified atom stereocenters. The van der Waals surface area contributed by atoms with Crippen LogP contribution in [0.25, 0.3) is 10.9 Å². The first-order valence-corrected chi connectivity index (χ1v) is 8.73. The quantitative estimate of drug-likeness (QED) is 0.510. The van der Waals surface area contributed by atoms with Gasteiger partial charge in [0.15, 0.2) is 6.04 Å². The summed E-state index contributed by atoms with van der Waals surface area (Å²) < 4.78 is 0. The topological polar surface area (TPSA) is 62.2 Å². The number of hydrogen-bond acceptors (Lipinski definition) is 2. The lowest BCUT2D eigenvalue weighted by Crippen LogP contribution is -2.19. The van der Waals surface area contributed by atoms with Crippen LogP contribution in [0.3, 0.4) is 0 Å². The number of aromatic hydroxyl groups is 1. The normalized spacial score (nSPS) is 12.2. The largest absolute Gasteiger partial charge is 0.507 e. The average molecular weight is 344 g/mol. The first-order valence-electron chi connectivity index (χ1n) is 8.73. The zero-order chi connectivity index (χ0) is 18.1. The number of rotatable bonds is 4. The van der Waals surface area contributed by atoms with Crippen molar-refractivity contribution < 1.29 is 10.1 Å². The monoisotopic (exact) mass is 344 g/mol. The van der Waals surface area contributed by atoms with Gasteiger partial charge in [-0.1, -0.05) is 36.4 Å². The molecular weight excluding hydrogens is 322 g/mol. The molecule has 4 rings (SSSR count). The van der Waals surface area contributed by atoms with E-state index in [9.17, 15) is 5.11 Å². The Bertz CT molecular complexity index is 1070. The van der Waals surface area contributed by atoms with Crippen molar-refractivity contribution in [2.24, 2.45) is 0 Å². The standard InChI is InChI=1S/C22H21N3O/c1-14-11-12-23-20(13-14)25-22(17-8-4-6-10-19(17)26)21-15(2)24-18-9-5-3-7-16(18)21/h3-13,22,24,26H,1-2H3,(H,23,25)/p+1/t22-/m1/s1. The van der Waals surface area contributed by atoms with Crippen molar-refractivity contribution in [3.63, 3.8) is 0 Å². The van der Waals surface area contributed by atoms with Crippen LogP contribution in [-0.4, -0.2) is 10.1 Å². The second kappa shape index (κ2) is 6.56. The lowest BCUT2D eigenvalue weighted by Gasteiger charge is -2.17. The van der Waals surface area contributed by atoms with Crippen molar-refractivity contribution in [1.82, 2.24) is 4.98 Å². The first-order chi connectivity index (χ1) is 12.6. The van der Waals surface area contributed by atoms with Crippen LogP contribution < -0.4 is 10.3 Å². The number of anilines is 1. The number of phenols is 1. The molecule has 0 spiro atoms. The lowest BCUT2D eigenvalue weighted by atomic mass is 9.95. The Morgan fingerprint density at radius 1 is 1.00 bits per heavy atom. The molecule has 2 heterocycles. The molecule has 0 bridgehead atoms. The Labute approximate surface area is 152 Å². The van der Waals surface area contributed by atoms with Crippen molar-refractivity contribution in [3.05, 3.63) is 89.2 Å². The first kappa shape index (κ1) is 16.2. The van der Waals surface area contributed by atoms with Crippen LogP contribution in [0, 0.1) is 13.8 Å². The molecule has 0 amide bonds. The molecule has 26 heavy (non-hydrogen) atoms. The minimum atomic E-state index is -0.189. The third-order valence-electron chi connectivity index (χ3n) is 4.74. The minimum Gasteiger partial charge on any atom is -0.507 e. The molecule has 4 N–H and O–H groups in total. The Hall–Kier alpha value is -3.27. The van der Waals surface area contributed by atoms with E-state index in [0.29, 0.717) is 0 Å². The molecule has 2 aromatic heterocycles. The Morgan fingerprint density at radius 2 is 1.77 bits per heavy atom. The van der Waals surface area contributed by atoms with Crippen LogP contribution >= 0.6 is 0 Å². The van der Waals surface area contributed by atoms with Gasteiger partial charge < -0.3 is 10.1 Å². The van der Waals surface area contributed by atoms with E-state index in [0.717, 1.165) is 39.1 Å². The molecular formula is C22H22N3O+. The number of benzene rings is 2. The van der Waals surface area contributed by atoms with Gasteiger partial charge in [-0.05, 0) is 37.6 Å². The molecule has 130 valence electrons. The van der Waals surface area contributed by atoms with Crippen molar-refractivity contribution in [2.45, 2.75) is 19.9 Å². The number of pyridine rings is 1. The fraction of sp³-hybridized carbons (Fsp3) is 0.136. The fourth-order valence-electron chi connectivity index (χ4n) is 3.53. The van der Waals surface area contributed by atoms with Crippen LogP contribution in [0.2, 0.25) is 0 Å². The number of H-pyrrole nitrogens is 2. The molecule has 0 radical (unpaired) electrons. The van der Waals surface area contributed by atoms with Gasteiger partial charge in [-0.2, -0.15) is 0 Å². The minimum absolute atomic E-state index is 0.189. The maximum absolute atomic E-state index is 10.5. The predicted molar refractivity (Wildman–Crippen MR) is 104 cm³/mol. The molecule has 0 saturated carbocycles. The third-order valence-corrected chi connectivity index (χ3v) is 4.74. The van der Waals surface area contributed by atoms with E-state index >= 15 is 0 Å². The molecule has 0 aliphatic heterocycles. The predicted octanol–water partition coefficient (Wildman–Crippen LogP) is 4.51. The summed E-state index contributed by atoms with van der Waals surface area (Å²) in [6, 6.07) is 19.6. The number of fused-ring (bicyclic) bond motifs is 1. The number of phenolic OH excluding ortho intramolecular Hbond substituents is 1. The van der Waals surface area contributed by atoms with E-state index in [2.05, 4.69) is 47.3 Å². The second-order valence-corrected chi connectivity index (χ2v) is 6.63. The Morgan fingerprint density at radius 3 is 2.58 bits per heavy atom. The zero-order valence-electron chi connectivity index (χ0n) is 14.9. The van der Waals surface area contributed by atoms with Gasteiger partial charge in [0.1, 0.15) is 5.75 Å². The molecule has 4 nitrogen and oxygen atoms in total. The van der Waals surface area contributed by atoms with Crippen molar-refractivity contribution in [3.8, 4) is 5.75 Å². The van der Waals surface area contributed by atoms with Gasteiger partial charge in [-0.25, -0.2) is 4.98 Å². The number of nitrogens with one attached hydrogen (secondary N) is 3. The molecule has 4 aromatic rings. The number of aromatic nitrogens is 2. The van der Waals surface area contributed by atoms with E-state index in [1.807, 2.05) is 42.6 Å². The smallest absolute Gasteiger partial charge is 0.273 e. The van der Waals surface area contributed by atoms with E-state index in [-0.39, 0.29) is 11.8 Å². The van der Waals surface area contributed by atoms with Crippen LogP contribution in [0.15, 0.2) is 66.9 Å². The summed E-state index contributed by atoms with van der Waals surface area (Å²) in [5.74, 6) is 1.19. The SMILES string of the molecule is Cc1cc[nH+]c(N[C@H](c2ccccc2O)c2c(C)[nH]c3ccccc23)c1. The summed E-state index contributed by atoms with van der Waals surface area (Å²) in [4.78, 5) is 6.72. The van der Waals surface area contributed by atoms with Gasteiger partial charge in [0, 0.05) is 33.8 Å². The molecule has 4 heteroatoms. The highest BCUT2D eigenvalue weighted by Crippen LogP contribution is 2.37. The van der Waals surface area contributed by atoms with Crippen LogP contribution in [0.4, 0.5) is 5.82 Å². The summed E-state index contributed by atoms with van der Waals surface area (Å²) in [5, 5.41) is 15.2. The van der Waals surface area contributed by atoms with Gasteiger partial charge in [-0.3, -0.25) is 5.32 Å². The number of para-hydroxylation sites is 2. The highest BCUT2D eigenvalue weighted by Gasteiger charge is 2.27. The van der Waals surface area contributed by atoms with Crippen molar-refractivity contribution in [2.75, 3.05) is 5.32 Å². The van der Waals surface area contributed by atoms with Crippen molar-refractivity contribution >= 4 is 16.7 Å². The van der Waals surface area contributed by atoms with Crippen LogP contribution in [0.5, 0.6) is 5.75 Å². The summed E-state index contributed by atoms with van der Waals surface area (Å²) in [6.45, 7) is 4.13. The number of hydrogen-bond donors (Lipinski definition) is 3. The van der Waals surface area contributed by atoms with Gasteiger partial charge in [0.05, 0.1) is 6.20 Å². The maximum Gasteiger partial charge on any atom is 0.273 e. The summed E-state index contributed by atoms with van der Waals surface area (Å²) in [7, 11) is 0. The van der Waals surface area contributed by atoms with E-state index in [4.69, 9.17) is 0 Å². The third kappa shape index (κ3) is 2.90. The van der Waals surface area contributed by atoms with Gasteiger partial charge in [-0.15, -0.1) is 0 Å². The summed E-state index contributed by atoms with van der Waals surface area (Å²) in [6.07, 6.45) is 1.92. The molecule has 0 aliphatic rings. The van der Waals surface area contributed by atoms with Crippen LogP contribution in [-0.2, 0) is 0 Å². The Kier molecular flexibility index (Phi) is 4.09. The van der Waals surface area contributed by atoms with E-state index in [1.165, 1.54) is 0 Å². The second-order valence-electron chi connectivity index (χ2n) is 6.63. The highest BCUT2D eigenvalue weighted by atomic mass is 16.3. The lowest BCUT2D eigenvalue weighted by molar-refractivity contribution is -0.361. The maximum atomic E-state index is 10.5. The average Bonchev–Trinajstić information content (AvgIpc) is 2.96. The van der Waals surface area contributed by atoms with Gasteiger partial charge >= 0.3 is 0 Å². The van der Waals surface area contributed by atoms with E-state index in [1.54, 1.807) is 6.07 Å². The molecule has 2 aromatic carbocycles. The Balaban J connectivity index is 1.90. The molecule has 0 aliphatic carbocycles. The zero-order valence-corrected chi connectivity index (χ0v) is 14.9. The van der Waals surface area contributed by atoms with Crippen LogP contribution in [0.1, 0.15) is 28.4 Å². The summed E-state index contributed by atoms with van der Waals surface area (Å²) in [5.41, 5.74) is 5.32. The molecule has 0 fully saturated rings. The fourth-order valence-corrected chi connectivity index (χ4v) is 3.53. The van der Waals surface area contributed by atoms with Gasteiger partial charge in [0.2, 0.25) is 0 Å². The van der Waals surface area contributed by atoms with E-state index < -0.39 is 0 Å².